The van der Waals surface area contributed by atoms with Gasteiger partial charge in [-0.15, -0.1) is 0 Å². The monoisotopic (exact) mass is 226 g/mol. The highest BCUT2D eigenvalue weighted by Gasteiger charge is 2.26. The fraction of sp³-hybridized carbons (Fsp3) is 0.214. The molecule has 17 heavy (non-hydrogen) atoms. The lowest BCUT2D eigenvalue weighted by Gasteiger charge is -2.22. The molecule has 0 saturated carbocycles. The fourth-order valence-corrected chi connectivity index (χ4v) is 2.36. The largest absolute Gasteiger partial charge is 0.344 e. The van der Waals surface area contributed by atoms with Crippen LogP contribution in [-0.4, -0.2) is 18.0 Å². The van der Waals surface area contributed by atoms with Crippen molar-refractivity contribution in [1.29, 1.82) is 0 Å². The van der Waals surface area contributed by atoms with Crippen LogP contribution in [0.25, 0.3) is 11.6 Å². The number of hydrogen-bond acceptors (Lipinski definition) is 2. The predicted molar refractivity (Wildman–Crippen MR) is 68.0 cm³/mol. The van der Waals surface area contributed by atoms with Crippen molar-refractivity contribution in [2.75, 3.05) is 0 Å². The van der Waals surface area contributed by atoms with E-state index < -0.39 is 6.04 Å². The molecule has 2 aliphatic rings. The van der Waals surface area contributed by atoms with Gasteiger partial charge in [-0.25, -0.2) is 0 Å². The van der Waals surface area contributed by atoms with Crippen molar-refractivity contribution in [3.63, 3.8) is 0 Å². The molecule has 2 atom stereocenters. The lowest BCUT2D eigenvalue weighted by atomic mass is 9.89. The summed E-state index contributed by atoms with van der Waals surface area (Å²) in [5.74, 6) is -0.0784. The molecule has 1 heterocycles. The van der Waals surface area contributed by atoms with Crippen LogP contribution in [0.2, 0.25) is 0 Å². The molecule has 1 unspecified atom stereocenters. The van der Waals surface area contributed by atoms with Gasteiger partial charge >= 0.3 is 0 Å². The first-order chi connectivity index (χ1) is 8.25. The molecular formula is C14H14N2O. The zero-order valence-corrected chi connectivity index (χ0v) is 9.39. The Labute approximate surface area is 100 Å². The molecule has 1 amide bonds. The molecule has 0 saturated heterocycles. The maximum atomic E-state index is 11.7. The number of nitrogens with one attached hydrogen (secondary N) is 1. The summed E-state index contributed by atoms with van der Waals surface area (Å²) in [6.07, 6.45) is 6.74. The minimum Gasteiger partial charge on any atom is -0.344 e. The van der Waals surface area contributed by atoms with Crippen LogP contribution in [0, 0.1) is 0 Å². The average molecular weight is 226 g/mol. The van der Waals surface area contributed by atoms with E-state index >= 15 is 0 Å². The lowest BCUT2D eigenvalue weighted by molar-refractivity contribution is -0.122. The second-order valence-electron chi connectivity index (χ2n) is 4.43. The van der Waals surface area contributed by atoms with Gasteiger partial charge in [0.2, 0.25) is 5.91 Å². The molecule has 0 aromatic heterocycles. The first-order valence-corrected chi connectivity index (χ1v) is 5.79. The van der Waals surface area contributed by atoms with E-state index in [4.69, 9.17) is 5.73 Å². The van der Waals surface area contributed by atoms with Crippen molar-refractivity contribution in [3.8, 4) is 0 Å². The highest BCUT2D eigenvalue weighted by atomic mass is 16.2. The molecule has 3 heteroatoms. The van der Waals surface area contributed by atoms with E-state index in [9.17, 15) is 4.79 Å². The molecule has 0 spiro atoms. The Morgan fingerprint density at radius 2 is 2.12 bits per heavy atom. The average Bonchev–Trinajstić information content (AvgIpc) is 2.50. The molecule has 0 bridgehead atoms. The number of nitrogens with two attached hydrogens (primary N) is 1. The van der Waals surface area contributed by atoms with Crippen molar-refractivity contribution in [2.45, 2.75) is 18.5 Å². The Balaban J connectivity index is 2.08. The molecule has 3 N–H and O–H groups in total. The number of carbonyl (C=O) groups excluding carboxylic acids is 1. The predicted octanol–water partition coefficient (Wildman–Crippen LogP) is 1.31. The van der Waals surface area contributed by atoms with E-state index in [1.165, 1.54) is 11.1 Å². The van der Waals surface area contributed by atoms with Crippen LogP contribution in [0.15, 0.2) is 36.4 Å². The summed E-state index contributed by atoms with van der Waals surface area (Å²) < 4.78 is 0. The molecule has 1 aliphatic carbocycles. The quantitative estimate of drug-likeness (QED) is 0.701. The standard InChI is InChI=1S/C14H14N2O/c15-12-7-6-11-10-4-2-1-3-9(10)5-8-13(11)16-14(12)17/h1-6,8,12-13H,7,15H2,(H,16,17)/t12-,13?/m1/s1. The van der Waals surface area contributed by atoms with Gasteiger partial charge in [0.15, 0.2) is 0 Å². The molecule has 1 aromatic rings. The summed E-state index contributed by atoms with van der Waals surface area (Å²) in [7, 11) is 0. The number of hydrogen-bond donors (Lipinski definition) is 2. The molecule has 0 radical (unpaired) electrons. The summed E-state index contributed by atoms with van der Waals surface area (Å²) in [5, 5.41) is 2.95. The van der Waals surface area contributed by atoms with Gasteiger partial charge in [-0.1, -0.05) is 42.5 Å². The zero-order valence-electron chi connectivity index (χ0n) is 9.39. The topological polar surface area (TPSA) is 55.1 Å². The van der Waals surface area contributed by atoms with Crippen molar-refractivity contribution in [1.82, 2.24) is 5.32 Å². The van der Waals surface area contributed by atoms with Crippen LogP contribution in [0.4, 0.5) is 0 Å². The van der Waals surface area contributed by atoms with Gasteiger partial charge in [0.05, 0.1) is 12.1 Å². The summed E-state index contributed by atoms with van der Waals surface area (Å²) >= 11 is 0. The Kier molecular flexibility index (Phi) is 2.34. The minimum atomic E-state index is -0.436. The van der Waals surface area contributed by atoms with E-state index in [0.29, 0.717) is 6.42 Å². The summed E-state index contributed by atoms with van der Waals surface area (Å²) in [6.45, 7) is 0. The van der Waals surface area contributed by atoms with Crippen LogP contribution in [0.3, 0.4) is 0 Å². The fourth-order valence-electron chi connectivity index (χ4n) is 2.36. The number of benzene rings is 1. The van der Waals surface area contributed by atoms with E-state index in [1.54, 1.807) is 0 Å². The Hall–Kier alpha value is -1.87. The number of carbonyl (C=O) groups is 1. The summed E-state index contributed by atoms with van der Waals surface area (Å²) in [6, 6.07) is 7.73. The van der Waals surface area contributed by atoms with Gasteiger partial charge in [0, 0.05) is 0 Å². The van der Waals surface area contributed by atoms with Gasteiger partial charge in [-0.3, -0.25) is 4.79 Å². The van der Waals surface area contributed by atoms with Gasteiger partial charge in [-0.2, -0.15) is 0 Å². The molecule has 3 rings (SSSR count). The van der Waals surface area contributed by atoms with E-state index in [2.05, 4.69) is 29.6 Å². The van der Waals surface area contributed by atoms with Crippen LogP contribution >= 0.6 is 0 Å². The lowest BCUT2D eigenvalue weighted by Crippen LogP contribution is -2.43. The van der Waals surface area contributed by atoms with Crippen molar-refractivity contribution < 1.29 is 4.79 Å². The second-order valence-corrected chi connectivity index (χ2v) is 4.43. The SMILES string of the molecule is N[C@@H]1CC=C2c3ccccc3C=CC2NC1=O. The Morgan fingerprint density at radius 3 is 3.00 bits per heavy atom. The molecule has 86 valence electrons. The highest BCUT2D eigenvalue weighted by Crippen LogP contribution is 2.30. The molecule has 1 aliphatic heterocycles. The van der Waals surface area contributed by atoms with E-state index in [1.807, 2.05) is 18.2 Å². The maximum absolute atomic E-state index is 11.7. The Morgan fingerprint density at radius 1 is 1.29 bits per heavy atom. The van der Waals surface area contributed by atoms with Crippen LogP contribution in [0.1, 0.15) is 17.5 Å². The van der Waals surface area contributed by atoms with Crippen molar-refractivity contribution >= 4 is 17.6 Å². The summed E-state index contributed by atoms with van der Waals surface area (Å²) in [4.78, 5) is 11.7. The van der Waals surface area contributed by atoms with Crippen LogP contribution in [0.5, 0.6) is 0 Å². The molecule has 0 fully saturated rings. The van der Waals surface area contributed by atoms with Gasteiger partial charge in [0.1, 0.15) is 0 Å². The third-order valence-electron chi connectivity index (χ3n) is 3.30. The smallest absolute Gasteiger partial charge is 0.237 e. The Bertz CT molecular complexity index is 531. The van der Waals surface area contributed by atoms with Gasteiger partial charge in [0.25, 0.3) is 0 Å². The molecule has 3 nitrogen and oxygen atoms in total. The van der Waals surface area contributed by atoms with Crippen LogP contribution < -0.4 is 11.1 Å². The normalized spacial score (nSPS) is 26.4. The van der Waals surface area contributed by atoms with Crippen molar-refractivity contribution in [3.05, 3.63) is 47.5 Å². The summed E-state index contributed by atoms with van der Waals surface area (Å²) in [5.41, 5.74) is 9.31. The van der Waals surface area contributed by atoms with Crippen LogP contribution in [-0.2, 0) is 4.79 Å². The van der Waals surface area contributed by atoms with E-state index in [0.717, 1.165) is 5.57 Å². The van der Waals surface area contributed by atoms with E-state index in [-0.39, 0.29) is 11.9 Å². The highest BCUT2D eigenvalue weighted by molar-refractivity contribution is 5.91. The number of amides is 1. The second kappa shape index (κ2) is 3.86. The third-order valence-corrected chi connectivity index (χ3v) is 3.30. The molecular weight excluding hydrogens is 212 g/mol. The van der Waals surface area contributed by atoms with Gasteiger partial charge in [-0.05, 0) is 23.1 Å². The number of fused-ring (bicyclic) bond motifs is 3. The number of rotatable bonds is 0. The van der Waals surface area contributed by atoms with Crippen molar-refractivity contribution in [2.24, 2.45) is 5.73 Å². The van der Waals surface area contributed by atoms with Gasteiger partial charge < -0.3 is 11.1 Å². The zero-order chi connectivity index (χ0) is 11.8. The maximum Gasteiger partial charge on any atom is 0.237 e. The third kappa shape index (κ3) is 1.68. The first kappa shape index (κ1) is 10.3. The minimum absolute atomic E-state index is 0.0362. The first-order valence-electron chi connectivity index (χ1n) is 5.79. The molecule has 1 aromatic carbocycles.